The Balaban J connectivity index is 2.21. The summed E-state index contributed by atoms with van der Waals surface area (Å²) in [5.74, 6) is 0.318. The van der Waals surface area contributed by atoms with Crippen LogP contribution in [0.2, 0.25) is 5.02 Å². The fraction of sp³-hybridized carbons (Fsp3) is 0.611. The number of hydrogen-bond acceptors (Lipinski definition) is 5. The van der Waals surface area contributed by atoms with Crippen LogP contribution in [0, 0.1) is 6.92 Å². The first-order valence-electron chi connectivity index (χ1n) is 9.16. The van der Waals surface area contributed by atoms with Gasteiger partial charge in [0.1, 0.15) is 10.6 Å². The number of carbonyl (C=O) groups is 1. The Labute approximate surface area is 166 Å². The Kier molecular flexibility index (Phi) is 7.76. The van der Waals surface area contributed by atoms with Gasteiger partial charge < -0.3 is 14.4 Å². The minimum atomic E-state index is -3.79. The SMILES string of the molecule is CCCCOc1cc(C)c(Cl)cc1S(=O)(=O)N1CCN(C(=O)OCC)CC1. The van der Waals surface area contributed by atoms with E-state index in [2.05, 4.69) is 0 Å². The molecule has 1 aromatic rings. The minimum Gasteiger partial charge on any atom is -0.492 e. The van der Waals surface area contributed by atoms with Gasteiger partial charge in [0.2, 0.25) is 10.0 Å². The van der Waals surface area contributed by atoms with Crippen LogP contribution < -0.4 is 4.74 Å². The van der Waals surface area contributed by atoms with Crippen molar-refractivity contribution in [1.29, 1.82) is 0 Å². The van der Waals surface area contributed by atoms with E-state index in [4.69, 9.17) is 21.1 Å². The standard InChI is InChI=1S/C18H27ClN2O5S/c1-4-6-11-26-16-12-14(3)15(19)13-17(16)27(23,24)21-9-7-20(8-10-21)18(22)25-5-2/h12-13H,4-11H2,1-3H3. The van der Waals surface area contributed by atoms with E-state index < -0.39 is 16.1 Å². The number of hydrogen-bond donors (Lipinski definition) is 0. The second kappa shape index (κ2) is 9.61. The first kappa shape index (κ1) is 21.8. The highest BCUT2D eigenvalue weighted by Gasteiger charge is 2.33. The van der Waals surface area contributed by atoms with Crippen LogP contribution in [0.3, 0.4) is 0 Å². The summed E-state index contributed by atoms with van der Waals surface area (Å²) in [6.45, 7) is 7.27. The van der Waals surface area contributed by atoms with Crippen LogP contribution in [0.4, 0.5) is 4.79 Å². The van der Waals surface area contributed by atoms with E-state index in [1.165, 1.54) is 15.3 Å². The van der Waals surface area contributed by atoms with Crippen molar-refractivity contribution in [1.82, 2.24) is 9.21 Å². The lowest BCUT2D eigenvalue weighted by molar-refractivity contribution is 0.0933. The Morgan fingerprint density at radius 1 is 1.19 bits per heavy atom. The zero-order valence-electron chi connectivity index (χ0n) is 16.0. The van der Waals surface area contributed by atoms with Gasteiger partial charge in [0.05, 0.1) is 13.2 Å². The topological polar surface area (TPSA) is 76.2 Å². The van der Waals surface area contributed by atoms with Gasteiger partial charge in [-0.2, -0.15) is 4.31 Å². The molecule has 0 saturated carbocycles. The summed E-state index contributed by atoms with van der Waals surface area (Å²) >= 11 is 6.18. The molecule has 0 aliphatic carbocycles. The molecule has 2 rings (SSSR count). The zero-order valence-corrected chi connectivity index (χ0v) is 17.6. The first-order chi connectivity index (χ1) is 12.8. The molecule has 152 valence electrons. The number of benzene rings is 1. The van der Waals surface area contributed by atoms with Gasteiger partial charge in [0, 0.05) is 31.2 Å². The van der Waals surface area contributed by atoms with E-state index in [-0.39, 0.29) is 37.7 Å². The number of unbranched alkanes of at least 4 members (excludes halogenated alkanes) is 1. The quantitative estimate of drug-likeness (QED) is 0.635. The fourth-order valence-electron chi connectivity index (χ4n) is 2.74. The third kappa shape index (κ3) is 5.27. The van der Waals surface area contributed by atoms with E-state index in [0.717, 1.165) is 18.4 Å². The molecule has 1 aromatic carbocycles. The number of sulfonamides is 1. The summed E-state index contributed by atoms with van der Waals surface area (Å²) in [4.78, 5) is 13.4. The van der Waals surface area contributed by atoms with E-state index in [1.807, 2.05) is 13.8 Å². The van der Waals surface area contributed by atoms with Crippen LogP contribution in [0.5, 0.6) is 5.75 Å². The highest BCUT2D eigenvalue weighted by Crippen LogP contribution is 2.33. The van der Waals surface area contributed by atoms with E-state index in [9.17, 15) is 13.2 Å². The molecule has 0 atom stereocenters. The number of ether oxygens (including phenoxy) is 2. The molecule has 27 heavy (non-hydrogen) atoms. The second-order valence-electron chi connectivity index (χ2n) is 6.34. The van der Waals surface area contributed by atoms with Gasteiger partial charge in [-0.05, 0) is 38.0 Å². The van der Waals surface area contributed by atoms with Crippen molar-refractivity contribution in [3.63, 3.8) is 0 Å². The van der Waals surface area contributed by atoms with Gasteiger partial charge in [-0.25, -0.2) is 13.2 Å². The van der Waals surface area contributed by atoms with Gasteiger partial charge in [-0.15, -0.1) is 0 Å². The van der Waals surface area contributed by atoms with Crippen LogP contribution in [-0.2, 0) is 14.8 Å². The van der Waals surface area contributed by atoms with Crippen LogP contribution in [-0.4, -0.2) is 63.1 Å². The lowest BCUT2D eigenvalue weighted by Crippen LogP contribution is -2.50. The largest absolute Gasteiger partial charge is 0.492 e. The molecule has 1 heterocycles. The number of amides is 1. The third-order valence-electron chi connectivity index (χ3n) is 4.36. The van der Waals surface area contributed by atoms with Crippen molar-refractivity contribution in [2.75, 3.05) is 39.4 Å². The molecular formula is C18H27ClN2O5S. The summed E-state index contributed by atoms with van der Waals surface area (Å²) in [5.41, 5.74) is 0.759. The molecule has 0 unspecified atom stereocenters. The van der Waals surface area contributed by atoms with Crippen molar-refractivity contribution in [3.05, 3.63) is 22.7 Å². The normalized spacial score (nSPS) is 15.6. The Morgan fingerprint density at radius 2 is 1.85 bits per heavy atom. The summed E-state index contributed by atoms with van der Waals surface area (Å²) in [7, 11) is -3.79. The molecule has 0 N–H and O–H groups in total. The Morgan fingerprint density at radius 3 is 2.44 bits per heavy atom. The molecule has 0 aromatic heterocycles. The van der Waals surface area contributed by atoms with Crippen molar-refractivity contribution in [2.45, 2.75) is 38.5 Å². The highest BCUT2D eigenvalue weighted by molar-refractivity contribution is 7.89. The van der Waals surface area contributed by atoms with E-state index in [0.29, 0.717) is 17.4 Å². The van der Waals surface area contributed by atoms with Crippen LogP contribution in [0.1, 0.15) is 32.3 Å². The molecule has 7 nitrogen and oxygen atoms in total. The minimum absolute atomic E-state index is 0.0683. The molecule has 1 fully saturated rings. The van der Waals surface area contributed by atoms with Gasteiger partial charge in [0.15, 0.2) is 0 Å². The van der Waals surface area contributed by atoms with Gasteiger partial charge in [0.25, 0.3) is 0 Å². The molecular weight excluding hydrogens is 392 g/mol. The monoisotopic (exact) mass is 418 g/mol. The van der Waals surface area contributed by atoms with E-state index in [1.54, 1.807) is 13.0 Å². The fourth-order valence-corrected chi connectivity index (χ4v) is 4.53. The predicted molar refractivity (Wildman–Crippen MR) is 104 cm³/mol. The lowest BCUT2D eigenvalue weighted by atomic mass is 10.2. The molecule has 1 amide bonds. The summed E-state index contributed by atoms with van der Waals surface area (Å²) in [6.07, 6.45) is 1.36. The molecule has 1 aliphatic rings. The average molecular weight is 419 g/mol. The first-order valence-corrected chi connectivity index (χ1v) is 11.0. The number of piperazine rings is 1. The van der Waals surface area contributed by atoms with Crippen LogP contribution in [0.15, 0.2) is 17.0 Å². The summed E-state index contributed by atoms with van der Waals surface area (Å²) < 4.78 is 38.4. The number of carbonyl (C=O) groups excluding carboxylic acids is 1. The maximum Gasteiger partial charge on any atom is 0.409 e. The number of halogens is 1. The van der Waals surface area contributed by atoms with E-state index >= 15 is 0 Å². The van der Waals surface area contributed by atoms with Crippen molar-refractivity contribution >= 4 is 27.7 Å². The van der Waals surface area contributed by atoms with Gasteiger partial charge >= 0.3 is 6.09 Å². The molecule has 0 bridgehead atoms. The molecule has 9 heteroatoms. The van der Waals surface area contributed by atoms with Crippen molar-refractivity contribution in [2.24, 2.45) is 0 Å². The summed E-state index contributed by atoms with van der Waals surface area (Å²) in [5, 5.41) is 0.376. The Bertz CT molecular complexity index is 761. The molecule has 1 aliphatic heterocycles. The number of aryl methyl sites for hydroxylation is 1. The van der Waals surface area contributed by atoms with Gasteiger partial charge in [-0.3, -0.25) is 0 Å². The maximum atomic E-state index is 13.2. The molecule has 0 radical (unpaired) electrons. The average Bonchev–Trinajstić information content (AvgIpc) is 2.64. The maximum absolute atomic E-state index is 13.2. The predicted octanol–water partition coefficient (Wildman–Crippen LogP) is 3.29. The van der Waals surface area contributed by atoms with Gasteiger partial charge in [-0.1, -0.05) is 24.9 Å². The third-order valence-corrected chi connectivity index (χ3v) is 6.69. The zero-order chi connectivity index (χ0) is 20.0. The van der Waals surface area contributed by atoms with Crippen LogP contribution >= 0.6 is 11.6 Å². The lowest BCUT2D eigenvalue weighted by Gasteiger charge is -2.33. The molecule has 1 saturated heterocycles. The smallest absolute Gasteiger partial charge is 0.409 e. The van der Waals surface area contributed by atoms with Crippen molar-refractivity contribution in [3.8, 4) is 5.75 Å². The molecule has 0 spiro atoms. The highest BCUT2D eigenvalue weighted by atomic mass is 35.5. The van der Waals surface area contributed by atoms with Crippen molar-refractivity contribution < 1.29 is 22.7 Å². The summed E-state index contributed by atoms with van der Waals surface area (Å²) in [6, 6.07) is 3.12. The number of rotatable bonds is 7. The second-order valence-corrected chi connectivity index (χ2v) is 8.65. The Hall–Kier alpha value is -1.51. The number of nitrogens with zero attached hydrogens (tertiary/aromatic N) is 2. The van der Waals surface area contributed by atoms with Crippen LogP contribution in [0.25, 0.3) is 0 Å².